The second kappa shape index (κ2) is 7.67. The molecule has 3 aromatic rings. The third-order valence-electron chi connectivity index (χ3n) is 3.83. The van der Waals surface area contributed by atoms with Crippen LogP contribution in [0.5, 0.6) is 0 Å². The molecule has 0 atom stereocenters. The molecule has 146 valence electrons. The Balaban J connectivity index is 1.80. The fourth-order valence-electron chi connectivity index (χ4n) is 2.48. The lowest BCUT2D eigenvalue weighted by Gasteiger charge is -2.15. The van der Waals surface area contributed by atoms with Gasteiger partial charge in [0.05, 0.1) is 29.2 Å². The van der Waals surface area contributed by atoms with Crippen molar-refractivity contribution in [2.24, 2.45) is 0 Å². The molecule has 3 rings (SSSR count). The minimum atomic E-state index is -4.58. The highest BCUT2D eigenvalue weighted by Crippen LogP contribution is 2.33. The Bertz CT molecular complexity index is 986. The summed E-state index contributed by atoms with van der Waals surface area (Å²) in [6, 6.07) is 7.31. The summed E-state index contributed by atoms with van der Waals surface area (Å²) in [5.74, 6) is -1.18. The van der Waals surface area contributed by atoms with Crippen molar-refractivity contribution in [3.8, 4) is 5.69 Å². The van der Waals surface area contributed by atoms with E-state index in [0.29, 0.717) is 5.56 Å². The second-order valence-corrected chi connectivity index (χ2v) is 5.95. The fraction of sp³-hybridized carbons (Fsp3) is 0.167. The summed E-state index contributed by atoms with van der Waals surface area (Å²) >= 11 is 0. The Morgan fingerprint density at radius 3 is 2.57 bits per heavy atom. The van der Waals surface area contributed by atoms with Crippen LogP contribution >= 0.6 is 0 Å². The summed E-state index contributed by atoms with van der Waals surface area (Å²) in [6.07, 6.45) is -2.08. The molecular formula is C18H15F4N5O. The summed E-state index contributed by atoms with van der Waals surface area (Å²) in [5, 5.41) is 8.88. The van der Waals surface area contributed by atoms with E-state index >= 15 is 0 Å². The lowest BCUT2D eigenvalue weighted by Crippen LogP contribution is -2.23. The fourth-order valence-corrected chi connectivity index (χ4v) is 2.48. The molecule has 0 radical (unpaired) electrons. The van der Waals surface area contributed by atoms with E-state index in [4.69, 9.17) is 0 Å². The molecule has 2 N–H and O–H groups in total. The first-order valence-corrected chi connectivity index (χ1v) is 8.10. The lowest BCUT2D eigenvalue weighted by molar-refractivity contribution is -0.137. The van der Waals surface area contributed by atoms with Gasteiger partial charge in [-0.2, -0.15) is 18.3 Å². The Labute approximate surface area is 157 Å². The molecule has 10 heteroatoms. The van der Waals surface area contributed by atoms with Crippen molar-refractivity contribution >= 4 is 17.3 Å². The molecule has 0 spiro atoms. The van der Waals surface area contributed by atoms with Crippen LogP contribution in [0.15, 0.2) is 49.1 Å². The van der Waals surface area contributed by atoms with Gasteiger partial charge in [-0.05, 0) is 42.8 Å². The average molecular weight is 393 g/mol. The Morgan fingerprint density at radius 1 is 1.14 bits per heavy atom. The van der Waals surface area contributed by atoms with Crippen molar-refractivity contribution < 1.29 is 22.4 Å². The molecule has 0 saturated carbocycles. The van der Waals surface area contributed by atoms with Crippen LogP contribution in [-0.4, -0.2) is 27.2 Å². The first-order valence-electron chi connectivity index (χ1n) is 8.10. The minimum absolute atomic E-state index is 0.100. The summed E-state index contributed by atoms with van der Waals surface area (Å²) < 4.78 is 54.1. The normalized spacial score (nSPS) is 11.3. The number of nitrogens with zero attached hydrogens (tertiary/aromatic N) is 3. The summed E-state index contributed by atoms with van der Waals surface area (Å²) in [7, 11) is 0. The van der Waals surface area contributed by atoms with Crippen molar-refractivity contribution in [3.63, 3.8) is 0 Å². The number of halogens is 4. The SMILES string of the molecule is Cc1ccc(NCC(=O)Nc2cc(C(F)(F)F)ccc2-n2cncn2)c(F)c1. The standard InChI is InChI=1S/C18H15F4N5O/c1-11-2-4-14(13(19)6-11)24-8-17(28)26-15-7-12(18(20,21)22)3-5-16(15)27-10-23-9-25-27/h2-7,9-10,24H,8H2,1H3,(H,26,28). The number of hydrogen-bond donors (Lipinski definition) is 2. The van der Waals surface area contributed by atoms with Crippen LogP contribution in [-0.2, 0) is 11.0 Å². The number of carbonyl (C=O) groups excluding carboxylic acids is 1. The van der Waals surface area contributed by atoms with E-state index in [1.54, 1.807) is 13.0 Å². The van der Waals surface area contributed by atoms with Gasteiger partial charge in [0.25, 0.3) is 0 Å². The van der Waals surface area contributed by atoms with Gasteiger partial charge in [0.1, 0.15) is 18.5 Å². The summed E-state index contributed by atoms with van der Waals surface area (Å²) in [4.78, 5) is 16.0. The van der Waals surface area contributed by atoms with Crippen LogP contribution in [0.3, 0.4) is 0 Å². The van der Waals surface area contributed by atoms with Gasteiger partial charge < -0.3 is 10.6 Å². The second-order valence-electron chi connectivity index (χ2n) is 5.95. The maximum atomic E-state index is 13.8. The third-order valence-corrected chi connectivity index (χ3v) is 3.83. The van der Waals surface area contributed by atoms with Crippen molar-refractivity contribution in [1.82, 2.24) is 14.8 Å². The van der Waals surface area contributed by atoms with Gasteiger partial charge in [-0.15, -0.1) is 0 Å². The molecule has 0 aliphatic heterocycles. The van der Waals surface area contributed by atoms with Crippen LogP contribution < -0.4 is 10.6 Å². The Hall–Kier alpha value is -3.43. The van der Waals surface area contributed by atoms with Crippen molar-refractivity contribution in [2.45, 2.75) is 13.1 Å². The van der Waals surface area contributed by atoms with Gasteiger partial charge in [-0.1, -0.05) is 6.07 Å². The first-order chi connectivity index (χ1) is 13.2. The van der Waals surface area contributed by atoms with Crippen LogP contribution in [0.25, 0.3) is 5.69 Å². The molecule has 0 fully saturated rings. The predicted octanol–water partition coefficient (Wildman–Crippen LogP) is 3.78. The zero-order chi connectivity index (χ0) is 20.3. The largest absolute Gasteiger partial charge is 0.416 e. The maximum absolute atomic E-state index is 13.8. The zero-order valence-electron chi connectivity index (χ0n) is 14.6. The van der Waals surface area contributed by atoms with Crippen LogP contribution in [0.1, 0.15) is 11.1 Å². The highest BCUT2D eigenvalue weighted by atomic mass is 19.4. The molecular weight excluding hydrogens is 378 g/mol. The van der Waals surface area contributed by atoms with E-state index in [2.05, 4.69) is 20.7 Å². The van der Waals surface area contributed by atoms with E-state index in [1.165, 1.54) is 35.5 Å². The molecule has 0 aliphatic rings. The molecule has 0 aliphatic carbocycles. The van der Waals surface area contributed by atoms with E-state index < -0.39 is 23.5 Å². The molecule has 0 unspecified atom stereocenters. The summed E-state index contributed by atoms with van der Waals surface area (Å²) in [5.41, 5.74) is 0.0105. The zero-order valence-corrected chi connectivity index (χ0v) is 14.6. The van der Waals surface area contributed by atoms with Crippen LogP contribution in [0.4, 0.5) is 28.9 Å². The quantitative estimate of drug-likeness (QED) is 0.647. The number of rotatable bonds is 5. The highest BCUT2D eigenvalue weighted by Gasteiger charge is 2.31. The Morgan fingerprint density at radius 2 is 1.93 bits per heavy atom. The average Bonchev–Trinajstić information content (AvgIpc) is 3.14. The van der Waals surface area contributed by atoms with Crippen molar-refractivity contribution in [2.75, 3.05) is 17.2 Å². The number of alkyl halides is 3. The molecule has 0 bridgehead atoms. The van der Waals surface area contributed by atoms with Crippen LogP contribution in [0, 0.1) is 12.7 Å². The van der Waals surface area contributed by atoms with Crippen LogP contribution in [0.2, 0.25) is 0 Å². The smallest absolute Gasteiger partial charge is 0.374 e. The van der Waals surface area contributed by atoms with Gasteiger partial charge >= 0.3 is 6.18 Å². The number of anilines is 2. The number of aromatic nitrogens is 3. The van der Waals surface area contributed by atoms with E-state index in [-0.39, 0.29) is 23.6 Å². The Kier molecular flexibility index (Phi) is 5.30. The van der Waals surface area contributed by atoms with E-state index in [9.17, 15) is 22.4 Å². The first kappa shape index (κ1) is 19.3. The molecule has 6 nitrogen and oxygen atoms in total. The molecule has 0 saturated heterocycles. The number of aryl methyl sites for hydroxylation is 1. The van der Waals surface area contributed by atoms with Crippen molar-refractivity contribution in [3.05, 3.63) is 66.0 Å². The number of amides is 1. The van der Waals surface area contributed by atoms with E-state index in [0.717, 1.165) is 12.1 Å². The van der Waals surface area contributed by atoms with Gasteiger partial charge in [0, 0.05) is 0 Å². The molecule has 1 aromatic heterocycles. The number of benzene rings is 2. The van der Waals surface area contributed by atoms with Gasteiger partial charge in [0.2, 0.25) is 5.91 Å². The van der Waals surface area contributed by atoms with E-state index in [1.807, 2.05) is 0 Å². The molecule has 1 heterocycles. The van der Waals surface area contributed by atoms with Gasteiger partial charge in [-0.3, -0.25) is 4.79 Å². The van der Waals surface area contributed by atoms with Crippen molar-refractivity contribution in [1.29, 1.82) is 0 Å². The minimum Gasteiger partial charge on any atom is -0.374 e. The third kappa shape index (κ3) is 4.45. The molecule has 1 amide bonds. The highest BCUT2D eigenvalue weighted by molar-refractivity contribution is 5.95. The molecule has 2 aromatic carbocycles. The number of hydrogen-bond acceptors (Lipinski definition) is 4. The topological polar surface area (TPSA) is 71.8 Å². The lowest BCUT2D eigenvalue weighted by atomic mass is 10.1. The maximum Gasteiger partial charge on any atom is 0.416 e. The van der Waals surface area contributed by atoms with Gasteiger partial charge in [0.15, 0.2) is 0 Å². The number of nitrogens with one attached hydrogen (secondary N) is 2. The number of carbonyl (C=O) groups is 1. The predicted molar refractivity (Wildman–Crippen MR) is 94.6 cm³/mol. The molecule has 28 heavy (non-hydrogen) atoms. The van der Waals surface area contributed by atoms with Gasteiger partial charge in [-0.25, -0.2) is 14.1 Å². The monoisotopic (exact) mass is 393 g/mol. The summed E-state index contributed by atoms with van der Waals surface area (Å²) in [6.45, 7) is 1.38.